The molecule has 0 saturated carbocycles. The molecule has 0 aliphatic heterocycles. The van der Waals surface area contributed by atoms with Gasteiger partial charge in [0.1, 0.15) is 17.9 Å². The molecule has 0 aliphatic carbocycles. The van der Waals surface area contributed by atoms with Crippen molar-refractivity contribution in [2.45, 2.75) is 19.5 Å². The van der Waals surface area contributed by atoms with Gasteiger partial charge in [-0.1, -0.05) is 18.2 Å². The van der Waals surface area contributed by atoms with E-state index in [1.807, 2.05) is 30.3 Å². The van der Waals surface area contributed by atoms with E-state index in [9.17, 15) is 14.4 Å². The number of esters is 1. The van der Waals surface area contributed by atoms with E-state index < -0.39 is 5.97 Å². The highest BCUT2D eigenvalue weighted by Crippen LogP contribution is 2.23. The number of aromatic nitrogens is 1. The van der Waals surface area contributed by atoms with Gasteiger partial charge in [0.2, 0.25) is 5.91 Å². The maximum Gasteiger partial charge on any atom is 0.339 e. The molecule has 2 heterocycles. The molecule has 1 amide bonds. The first-order chi connectivity index (χ1) is 12.5. The Kier molecular flexibility index (Phi) is 4.88. The topological polar surface area (TPSA) is 90.5 Å². The Morgan fingerprint density at radius 1 is 1.23 bits per heavy atom. The summed E-state index contributed by atoms with van der Waals surface area (Å²) in [6.45, 7) is 1.58. The lowest BCUT2D eigenvalue weighted by Gasteiger charge is -2.12. The Morgan fingerprint density at radius 2 is 2.00 bits per heavy atom. The first-order valence-corrected chi connectivity index (χ1v) is 8.04. The molecule has 0 radical (unpaired) electrons. The van der Waals surface area contributed by atoms with Gasteiger partial charge < -0.3 is 19.0 Å². The van der Waals surface area contributed by atoms with Gasteiger partial charge >= 0.3 is 5.97 Å². The minimum Gasteiger partial charge on any atom is -0.465 e. The molecule has 1 N–H and O–H groups in total. The highest BCUT2D eigenvalue weighted by molar-refractivity contribution is 5.89. The number of hydrogen-bond acceptors (Lipinski definition) is 5. The van der Waals surface area contributed by atoms with E-state index in [0.29, 0.717) is 5.76 Å². The van der Waals surface area contributed by atoms with Crippen LogP contribution in [0.5, 0.6) is 0 Å². The molecule has 0 spiro atoms. The summed E-state index contributed by atoms with van der Waals surface area (Å²) >= 11 is 0. The van der Waals surface area contributed by atoms with Crippen molar-refractivity contribution >= 4 is 22.8 Å². The van der Waals surface area contributed by atoms with Crippen molar-refractivity contribution in [2.75, 3.05) is 7.11 Å². The number of fused-ring (bicyclic) bond motifs is 1. The number of ether oxygens (including phenoxy) is 1. The number of hydrogen-bond donors (Lipinski definition) is 1. The molecule has 0 aliphatic rings. The molecule has 0 fully saturated rings. The Morgan fingerprint density at radius 3 is 2.73 bits per heavy atom. The van der Waals surface area contributed by atoms with Crippen LogP contribution in [0, 0.1) is 0 Å². The molecule has 134 valence electrons. The van der Waals surface area contributed by atoms with Crippen LogP contribution in [-0.2, 0) is 16.1 Å². The van der Waals surface area contributed by atoms with Gasteiger partial charge in [-0.25, -0.2) is 4.79 Å². The summed E-state index contributed by atoms with van der Waals surface area (Å²) in [4.78, 5) is 35.7. The molecular weight excluding hydrogens is 336 g/mol. The van der Waals surface area contributed by atoms with Gasteiger partial charge in [0.05, 0.1) is 18.7 Å². The number of nitrogens with zero attached hydrogens (tertiary/aromatic N) is 1. The lowest BCUT2D eigenvalue weighted by Crippen LogP contribution is -2.33. The molecule has 1 atom stereocenters. The molecule has 0 unspecified atom stereocenters. The lowest BCUT2D eigenvalue weighted by atomic mass is 10.2. The van der Waals surface area contributed by atoms with Gasteiger partial charge in [0.25, 0.3) is 5.56 Å². The molecule has 1 aromatic carbocycles. The average molecular weight is 354 g/mol. The number of carbonyl (C=O) groups is 2. The number of furan rings is 1. The zero-order chi connectivity index (χ0) is 18.7. The summed E-state index contributed by atoms with van der Waals surface area (Å²) in [5, 5.41) is 3.74. The Balaban J connectivity index is 1.72. The highest BCUT2D eigenvalue weighted by atomic mass is 16.5. The van der Waals surface area contributed by atoms with Crippen LogP contribution >= 0.6 is 0 Å². The van der Waals surface area contributed by atoms with Gasteiger partial charge in [-0.05, 0) is 25.1 Å². The SMILES string of the molecule is COC(=O)c1ccc(=O)n(CC(=O)N[C@@H](C)c2cc3ccccc3o2)c1. The quantitative estimate of drug-likeness (QED) is 0.710. The predicted molar refractivity (Wildman–Crippen MR) is 94.8 cm³/mol. The van der Waals surface area contributed by atoms with E-state index in [1.54, 1.807) is 6.92 Å². The fourth-order valence-electron chi connectivity index (χ4n) is 2.62. The third-order valence-electron chi connectivity index (χ3n) is 3.97. The van der Waals surface area contributed by atoms with Crippen molar-refractivity contribution in [3.63, 3.8) is 0 Å². The Bertz CT molecular complexity index is 985. The summed E-state index contributed by atoms with van der Waals surface area (Å²) in [5.74, 6) is -0.327. The lowest BCUT2D eigenvalue weighted by molar-refractivity contribution is -0.122. The number of amides is 1. The summed E-state index contributed by atoms with van der Waals surface area (Å²) in [5.41, 5.74) is 0.556. The fraction of sp³-hybridized carbons (Fsp3) is 0.211. The van der Waals surface area contributed by atoms with Crippen molar-refractivity contribution < 1.29 is 18.7 Å². The standard InChI is InChI=1S/C19H18N2O5/c1-12(16-9-13-5-3-4-6-15(13)26-16)20-17(22)11-21-10-14(19(24)25-2)7-8-18(21)23/h3-10,12H,11H2,1-2H3,(H,20,22)/t12-/m0/s1. The number of carbonyl (C=O) groups excluding carboxylic acids is 2. The molecule has 3 aromatic rings. The second-order valence-electron chi connectivity index (χ2n) is 5.85. The van der Waals surface area contributed by atoms with Crippen LogP contribution in [0.25, 0.3) is 11.0 Å². The largest absolute Gasteiger partial charge is 0.465 e. The number of para-hydroxylation sites is 1. The smallest absolute Gasteiger partial charge is 0.339 e. The van der Waals surface area contributed by atoms with E-state index in [-0.39, 0.29) is 29.6 Å². The molecule has 26 heavy (non-hydrogen) atoms. The van der Waals surface area contributed by atoms with Crippen LogP contribution in [0.1, 0.15) is 29.1 Å². The minimum absolute atomic E-state index is 0.199. The molecule has 0 saturated heterocycles. The average Bonchev–Trinajstić information content (AvgIpc) is 3.07. The fourth-order valence-corrected chi connectivity index (χ4v) is 2.62. The monoisotopic (exact) mass is 354 g/mol. The molecule has 2 aromatic heterocycles. The number of methoxy groups -OCH3 is 1. The summed E-state index contributed by atoms with van der Waals surface area (Å²) < 4.78 is 11.5. The maximum atomic E-state index is 12.3. The summed E-state index contributed by atoms with van der Waals surface area (Å²) in [6.07, 6.45) is 1.31. The molecule has 7 heteroatoms. The number of pyridine rings is 1. The second kappa shape index (κ2) is 7.26. The van der Waals surface area contributed by atoms with Gasteiger partial charge in [0.15, 0.2) is 0 Å². The van der Waals surface area contributed by atoms with Crippen molar-refractivity contribution in [1.82, 2.24) is 9.88 Å². The highest BCUT2D eigenvalue weighted by Gasteiger charge is 2.15. The summed E-state index contributed by atoms with van der Waals surface area (Å²) in [7, 11) is 1.25. The van der Waals surface area contributed by atoms with Crippen LogP contribution in [-0.4, -0.2) is 23.6 Å². The number of rotatable bonds is 5. The zero-order valence-electron chi connectivity index (χ0n) is 14.4. The van der Waals surface area contributed by atoms with E-state index in [1.165, 1.54) is 25.4 Å². The van der Waals surface area contributed by atoms with Crippen molar-refractivity contribution in [1.29, 1.82) is 0 Å². The van der Waals surface area contributed by atoms with E-state index in [4.69, 9.17) is 4.42 Å². The van der Waals surface area contributed by atoms with Crippen molar-refractivity contribution in [2.24, 2.45) is 0 Å². The van der Waals surface area contributed by atoms with Crippen LogP contribution in [0.15, 0.2) is 57.9 Å². The van der Waals surface area contributed by atoms with E-state index in [2.05, 4.69) is 10.1 Å². The van der Waals surface area contributed by atoms with Gasteiger partial charge in [-0.15, -0.1) is 0 Å². The van der Waals surface area contributed by atoms with Gasteiger partial charge in [-0.3, -0.25) is 9.59 Å². The van der Waals surface area contributed by atoms with Crippen LogP contribution in [0.4, 0.5) is 0 Å². The Hall–Kier alpha value is -3.35. The predicted octanol–water partition coefficient (Wildman–Crippen LogP) is 2.26. The second-order valence-corrected chi connectivity index (χ2v) is 5.85. The van der Waals surface area contributed by atoms with Crippen molar-refractivity contribution in [3.05, 3.63) is 70.3 Å². The third-order valence-corrected chi connectivity index (χ3v) is 3.97. The molecule has 7 nitrogen and oxygen atoms in total. The van der Waals surface area contributed by atoms with Crippen LogP contribution in [0.3, 0.4) is 0 Å². The number of nitrogens with one attached hydrogen (secondary N) is 1. The minimum atomic E-state index is -0.574. The van der Waals surface area contributed by atoms with Gasteiger partial charge in [-0.2, -0.15) is 0 Å². The summed E-state index contributed by atoms with van der Waals surface area (Å²) in [6, 6.07) is 11.6. The van der Waals surface area contributed by atoms with Gasteiger partial charge in [0, 0.05) is 17.6 Å². The first-order valence-electron chi connectivity index (χ1n) is 8.04. The van der Waals surface area contributed by atoms with Crippen LogP contribution in [0.2, 0.25) is 0 Å². The molecule has 3 rings (SSSR count). The normalized spacial score (nSPS) is 11.9. The van der Waals surface area contributed by atoms with Crippen LogP contribution < -0.4 is 10.9 Å². The Labute approximate surface area is 149 Å². The molecular formula is C19H18N2O5. The first kappa shape index (κ1) is 17.5. The maximum absolute atomic E-state index is 12.3. The zero-order valence-corrected chi connectivity index (χ0v) is 14.4. The number of benzene rings is 1. The van der Waals surface area contributed by atoms with Crippen molar-refractivity contribution in [3.8, 4) is 0 Å². The van der Waals surface area contributed by atoms with E-state index in [0.717, 1.165) is 15.5 Å². The third kappa shape index (κ3) is 3.66. The van der Waals surface area contributed by atoms with E-state index >= 15 is 0 Å². The molecule has 0 bridgehead atoms.